The number of aliphatic hydroxyl groups excluding tert-OH is 1. The van der Waals surface area contributed by atoms with Gasteiger partial charge in [-0.3, -0.25) is 4.55 Å². The minimum atomic E-state index is -4.45. The minimum Gasteiger partial charge on any atom is -0.393 e. The SMILES string of the molecule is CC(C)[C@@H](CC[C@@H](C)[C@H]1CCC2C3C(CC[C@@]21C)[C@@]1(C)CCC(NCCCNCCCCN)C[C@@H]1C[C@H]3O)OS(=O)(=O)O. The van der Waals surface area contributed by atoms with E-state index in [0.717, 1.165) is 58.3 Å². The van der Waals surface area contributed by atoms with E-state index in [4.69, 9.17) is 9.92 Å². The van der Waals surface area contributed by atoms with Crippen LogP contribution in [0.15, 0.2) is 0 Å². The van der Waals surface area contributed by atoms with Crippen LogP contribution in [0, 0.1) is 52.3 Å². The van der Waals surface area contributed by atoms with Crippen LogP contribution in [-0.2, 0) is 14.6 Å². The summed E-state index contributed by atoms with van der Waals surface area (Å²) in [5.41, 5.74) is 6.13. The molecule has 0 amide bonds. The fourth-order valence-corrected chi connectivity index (χ4v) is 11.3. The Kier molecular flexibility index (Phi) is 12.5. The molecule has 4 unspecified atom stereocenters. The average Bonchev–Trinajstić information content (AvgIpc) is 3.29. The first-order valence-electron chi connectivity index (χ1n) is 17.8. The number of nitrogens with one attached hydrogen (secondary N) is 2. The Labute approximate surface area is 263 Å². The van der Waals surface area contributed by atoms with Crippen LogP contribution in [0.4, 0.5) is 0 Å². The molecule has 252 valence electrons. The van der Waals surface area contributed by atoms with Crippen LogP contribution < -0.4 is 16.4 Å². The summed E-state index contributed by atoms with van der Waals surface area (Å²) >= 11 is 0. The van der Waals surface area contributed by atoms with Crippen molar-refractivity contribution in [1.29, 1.82) is 0 Å². The molecule has 4 fully saturated rings. The third-order valence-electron chi connectivity index (χ3n) is 13.1. The highest BCUT2D eigenvalue weighted by atomic mass is 32.3. The molecule has 4 aliphatic carbocycles. The lowest BCUT2D eigenvalue weighted by molar-refractivity contribution is -0.167. The first-order valence-corrected chi connectivity index (χ1v) is 19.1. The fourth-order valence-electron chi connectivity index (χ4n) is 10.7. The zero-order chi connectivity index (χ0) is 31.4. The number of aliphatic hydroxyl groups is 1. The Hall–Kier alpha value is -0.290. The van der Waals surface area contributed by atoms with Gasteiger partial charge in [-0.25, -0.2) is 4.18 Å². The van der Waals surface area contributed by atoms with E-state index >= 15 is 0 Å². The van der Waals surface area contributed by atoms with E-state index in [1.165, 1.54) is 44.9 Å². The van der Waals surface area contributed by atoms with Gasteiger partial charge in [-0.15, -0.1) is 0 Å². The summed E-state index contributed by atoms with van der Waals surface area (Å²) in [5.74, 6) is 3.21. The van der Waals surface area contributed by atoms with E-state index in [0.29, 0.717) is 53.4 Å². The molecule has 6 N–H and O–H groups in total. The highest BCUT2D eigenvalue weighted by Gasteiger charge is 2.62. The van der Waals surface area contributed by atoms with Crippen molar-refractivity contribution < 1.29 is 22.3 Å². The molecule has 0 aromatic carbocycles. The summed E-state index contributed by atoms with van der Waals surface area (Å²) in [4.78, 5) is 0. The summed E-state index contributed by atoms with van der Waals surface area (Å²) in [7, 11) is -4.45. The maximum atomic E-state index is 11.8. The Balaban J connectivity index is 1.32. The Morgan fingerprint density at radius 2 is 1.60 bits per heavy atom. The maximum Gasteiger partial charge on any atom is 0.397 e. The molecular formula is C34H65N3O5S. The van der Waals surface area contributed by atoms with Gasteiger partial charge in [0.25, 0.3) is 0 Å². The van der Waals surface area contributed by atoms with Crippen LogP contribution in [0.5, 0.6) is 0 Å². The lowest BCUT2D eigenvalue weighted by Gasteiger charge is -2.62. The molecule has 0 aromatic heterocycles. The van der Waals surface area contributed by atoms with Crippen LogP contribution in [-0.4, -0.2) is 62.5 Å². The molecule has 8 nitrogen and oxygen atoms in total. The molecule has 4 rings (SSSR count). The van der Waals surface area contributed by atoms with Gasteiger partial charge in [0.1, 0.15) is 0 Å². The number of unbranched alkanes of at least 4 members (excludes halogenated alkanes) is 1. The predicted octanol–water partition coefficient (Wildman–Crippen LogP) is 5.55. The number of rotatable bonds is 16. The zero-order valence-corrected chi connectivity index (χ0v) is 28.7. The van der Waals surface area contributed by atoms with Gasteiger partial charge in [0, 0.05) is 6.04 Å². The van der Waals surface area contributed by atoms with Gasteiger partial charge < -0.3 is 21.5 Å². The van der Waals surface area contributed by atoms with Crippen molar-refractivity contribution in [2.24, 2.45) is 58.0 Å². The van der Waals surface area contributed by atoms with Crippen LogP contribution in [0.3, 0.4) is 0 Å². The summed E-state index contributed by atoms with van der Waals surface area (Å²) < 4.78 is 37.1. The standard InChI is InChI=1S/C34H65N3O5S/c1-23(2)31(42-43(39,40)41)12-9-24(3)27-10-11-28-32-29(14-16-34(27,28)5)33(4)15-13-26(21-25(33)22-30(32)38)37-20-8-19-36-18-7-6-17-35/h23-32,36-38H,6-22,35H2,1-5H3,(H,39,40,41)/t24-,25-,26?,27-,28?,29?,30-,31-,32?,33+,34-/m1/s1. The summed E-state index contributed by atoms with van der Waals surface area (Å²) in [5, 5.41) is 19.2. The first-order chi connectivity index (χ1) is 20.3. The zero-order valence-electron chi connectivity index (χ0n) is 27.9. The van der Waals surface area contributed by atoms with Gasteiger partial charge in [-0.05, 0) is 162 Å². The van der Waals surface area contributed by atoms with Crippen molar-refractivity contribution in [3.8, 4) is 0 Å². The lowest BCUT2D eigenvalue weighted by atomic mass is 9.43. The van der Waals surface area contributed by atoms with Crippen molar-refractivity contribution in [2.45, 2.75) is 136 Å². The van der Waals surface area contributed by atoms with Gasteiger partial charge in [0.15, 0.2) is 0 Å². The van der Waals surface area contributed by atoms with E-state index in [1.54, 1.807) is 0 Å². The number of hydrogen-bond donors (Lipinski definition) is 5. The average molecular weight is 628 g/mol. The Bertz CT molecular complexity index is 981. The fraction of sp³-hybridized carbons (Fsp3) is 1.00. The molecule has 11 atom stereocenters. The van der Waals surface area contributed by atoms with Crippen molar-refractivity contribution in [2.75, 3.05) is 26.2 Å². The quantitative estimate of drug-likeness (QED) is 0.111. The molecule has 43 heavy (non-hydrogen) atoms. The number of fused-ring (bicyclic) bond motifs is 5. The second kappa shape index (κ2) is 15.1. The molecule has 0 radical (unpaired) electrons. The molecule has 0 spiro atoms. The van der Waals surface area contributed by atoms with Gasteiger partial charge in [0.05, 0.1) is 12.2 Å². The van der Waals surface area contributed by atoms with Gasteiger partial charge in [-0.2, -0.15) is 8.42 Å². The monoisotopic (exact) mass is 627 g/mol. The third kappa shape index (κ3) is 8.36. The van der Waals surface area contributed by atoms with E-state index in [-0.39, 0.29) is 17.4 Å². The maximum absolute atomic E-state index is 11.8. The van der Waals surface area contributed by atoms with Gasteiger partial charge in [0.2, 0.25) is 0 Å². The van der Waals surface area contributed by atoms with E-state index in [1.807, 2.05) is 13.8 Å². The highest BCUT2D eigenvalue weighted by molar-refractivity contribution is 7.80. The topological polar surface area (TPSA) is 134 Å². The minimum absolute atomic E-state index is 0.0152. The molecule has 0 aromatic rings. The largest absolute Gasteiger partial charge is 0.397 e. The van der Waals surface area contributed by atoms with Crippen molar-refractivity contribution in [1.82, 2.24) is 10.6 Å². The smallest absolute Gasteiger partial charge is 0.393 e. The normalized spacial score (nSPS) is 39.2. The molecular weight excluding hydrogens is 562 g/mol. The summed E-state index contributed by atoms with van der Waals surface area (Å²) in [6, 6.07) is 0.573. The van der Waals surface area contributed by atoms with E-state index < -0.39 is 16.5 Å². The van der Waals surface area contributed by atoms with Gasteiger partial charge >= 0.3 is 10.4 Å². The molecule has 4 aliphatic rings. The van der Waals surface area contributed by atoms with Crippen molar-refractivity contribution in [3.63, 3.8) is 0 Å². The predicted molar refractivity (Wildman–Crippen MR) is 174 cm³/mol. The second-order valence-corrected chi connectivity index (χ2v) is 17.0. The van der Waals surface area contributed by atoms with Crippen molar-refractivity contribution in [3.05, 3.63) is 0 Å². The number of hydrogen-bond acceptors (Lipinski definition) is 7. The summed E-state index contributed by atoms with van der Waals surface area (Å²) in [6.45, 7) is 15.3. The lowest BCUT2D eigenvalue weighted by Crippen LogP contribution is -2.59. The first kappa shape index (κ1) is 35.6. The molecule has 4 saturated carbocycles. The Morgan fingerprint density at radius 1 is 0.907 bits per heavy atom. The molecule has 0 saturated heterocycles. The van der Waals surface area contributed by atoms with Crippen LogP contribution in [0.1, 0.15) is 118 Å². The Morgan fingerprint density at radius 3 is 2.30 bits per heavy atom. The third-order valence-corrected chi connectivity index (χ3v) is 13.6. The molecule has 0 aliphatic heterocycles. The summed E-state index contributed by atoms with van der Waals surface area (Å²) in [6.07, 6.45) is 13.7. The van der Waals surface area contributed by atoms with Crippen molar-refractivity contribution >= 4 is 10.4 Å². The van der Waals surface area contributed by atoms with Crippen LogP contribution >= 0.6 is 0 Å². The second-order valence-electron chi connectivity index (χ2n) is 15.9. The van der Waals surface area contributed by atoms with Crippen LogP contribution in [0.2, 0.25) is 0 Å². The highest BCUT2D eigenvalue weighted by Crippen LogP contribution is 2.68. The van der Waals surface area contributed by atoms with Crippen LogP contribution in [0.25, 0.3) is 0 Å². The number of nitrogens with two attached hydrogens (primary N) is 1. The molecule has 0 bridgehead atoms. The van der Waals surface area contributed by atoms with E-state index in [9.17, 15) is 18.1 Å². The molecule has 9 heteroatoms. The molecule has 0 heterocycles. The van der Waals surface area contributed by atoms with E-state index in [2.05, 4.69) is 31.4 Å². The van der Waals surface area contributed by atoms with Gasteiger partial charge in [-0.1, -0.05) is 34.6 Å².